The van der Waals surface area contributed by atoms with Gasteiger partial charge in [-0.15, -0.1) is 11.8 Å². The largest absolute Gasteiger partial charge is 0.398 e. The molecule has 0 spiro atoms. The average Bonchev–Trinajstić information content (AvgIpc) is 3.64. The van der Waals surface area contributed by atoms with Crippen LogP contribution in [0, 0.1) is 13.8 Å². The number of nitrogens with two attached hydrogens (primary N) is 1. The number of imidazole rings is 1. The summed E-state index contributed by atoms with van der Waals surface area (Å²) >= 11 is 1.71. The summed E-state index contributed by atoms with van der Waals surface area (Å²) in [6.45, 7) is 20.9. The Morgan fingerprint density at radius 2 is 1.52 bits per heavy atom. The van der Waals surface area contributed by atoms with Crippen molar-refractivity contribution in [2.45, 2.75) is 91.3 Å². The predicted molar refractivity (Wildman–Crippen MR) is 184 cm³/mol. The zero-order valence-electron chi connectivity index (χ0n) is 27.7. The number of nitrogens with one attached hydrogen (secondary N) is 1. The van der Waals surface area contributed by atoms with E-state index >= 15 is 0 Å². The molecule has 0 saturated carbocycles. The first-order valence-corrected chi connectivity index (χ1v) is 15.9. The summed E-state index contributed by atoms with van der Waals surface area (Å²) in [7, 11) is 0. The highest BCUT2D eigenvalue weighted by Crippen LogP contribution is 2.29. The van der Waals surface area contributed by atoms with Crippen molar-refractivity contribution in [2.75, 3.05) is 12.0 Å². The van der Waals surface area contributed by atoms with E-state index in [0.717, 1.165) is 33.5 Å². The number of nitrogens with zero attached hydrogens (tertiary/aromatic N) is 7. The van der Waals surface area contributed by atoms with Gasteiger partial charge in [-0.2, -0.15) is 0 Å². The van der Waals surface area contributed by atoms with Gasteiger partial charge in [0.15, 0.2) is 5.65 Å². The second-order valence-electron chi connectivity index (χ2n) is 13.1. The molecule has 234 valence electrons. The van der Waals surface area contributed by atoms with E-state index < -0.39 is 0 Å². The molecule has 0 atom stereocenters. The minimum absolute atomic E-state index is 0.0266. The number of fused-ring (bicyclic) bond motifs is 3. The molecule has 0 aliphatic heterocycles. The number of pyridine rings is 2. The summed E-state index contributed by atoms with van der Waals surface area (Å²) < 4.78 is 6.29. The number of hydrogen-bond donors (Lipinski definition) is 2. The first-order valence-electron chi connectivity index (χ1n) is 14.7. The van der Waals surface area contributed by atoms with E-state index in [4.69, 9.17) is 5.73 Å². The molecular weight excluding hydrogens is 570 g/mol. The molecule has 0 fully saturated rings. The Kier molecular flexibility index (Phi) is 9.29. The fraction of sp³-hybridized carbons (Fsp3) is 0.424. The summed E-state index contributed by atoms with van der Waals surface area (Å²) in [5.74, 6) is 0.656. The number of thioether (sulfide) groups is 1. The zero-order valence-corrected chi connectivity index (χ0v) is 28.5. The van der Waals surface area contributed by atoms with Crippen LogP contribution in [0.1, 0.15) is 72.8 Å². The number of H-pyrrole nitrogens is 1. The Morgan fingerprint density at radius 3 is 2.14 bits per heavy atom. The highest BCUT2D eigenvalue weighted by atomic mass is 32.2. The highest BCUT2D eigenvalue weighted by Gasteiger charge is 2.19. The number of hydrogen-bond acceptors (Lipinski definition) is 7. The monoisotopic (exact) mass is 615 g/mol. The van der Waals surface area contributed by atoms with Crippen molar-refractivity contribution in [1.29, 1.82) is 0 Å². The molecule has 0 bridgehead atoms. The lowest BCUT2D eigenvalue weighted by Gasteiger charge is -2.21. The normalized spacial score (nSPS) is 12.0. The fourth-order valence-corrected chi connectivity index (χ4v) is 5.54. The molecule has 6 rings (SSSR count). The van der Waals surface area contributed by atoms with Gasteiger partial charge in [-0.05, 0) is 99.3 Å². The molecule has 3 N–H and O–H groups in total. The summed E-state index contributed by atoms with van der Waals surface area (Å²) in [6.07, 6.45) is 11.6. The van der Waals surface area contributed by atoms with Crippen LogP contribution >= 0.6 is 11.8 Å². The molecule has 44 heavy (non-hydrogen) atoms. The van der Waals surface area contributed by atoms with Gasteiger partial charge in [0.2, 0.25) is 0 Å². The van der Waals surface area contributed by atoms with Crippen LogP contribution in [0.2, 0.25) is 0 Å². The molecule has 0 unspecified atom stereocenters. The average molecular weight is 616 g/mol. The van der Waals surface area contributed by atoms with Crippen LogP contribution in [0.4, 0.5) is 5.69 Å². The van der Waals surface area contributed by atoms with E-state index in [2.05, 4.69) is 109 Å². The third-order valence-electron chi connectivity index (χ3n) is 7.23. The van der Waals surface area contributed by atoms with E-state index in [-0.39, 0.29) is 16.6 Å². The topological polar surface area (TPSA) is 125 Å². The summed E-state index contributed by atoms with van der Waals surface area (Å²) in [5.41, 5.74) is 11.7. The van der Waals surface area contributed by atoms with Crippen molar-refractivity contribution in [3.8, 4) is 0 Å². The van der Waals surface area contributed by atoms with Crippen LogP contribution in [-0.2, 0) is 11.1 Å². The third kappa shape index (κ3) is 6.67. The van der Waals surface area contributed by atoms with Crippen molar-refractivity contribution < 1.29 is 0 Å². The van der Waals surface area contributed by atoms with E-state index in [1.807, 2.05) is 35.4 Å². The standard InChI is InChI=1S/C12H17N3.C11H15N3S.C10H13N3O/c1-8-7-15(12(2,3)4)11-10(8)9(13)5-6-14-11;1-11(2,3)14-7-13-9-8(15-4)5-6-12-10(9)14;1-6(2)13-5-4-8-9(13)11-7(3)12-10(8)14/h5-7H,1-4H3,(H2,13,14);5-7H,1-4H3;4-6H,1-3H3,(H,11,12,14). The van der Waals surface area contributed by atoms with Gasteiger partial charge in [0.25, 0.3) is 5.56 Å². The van der Waals surface area contributed by atoms with E-state index in [9.17, 15) is 4.79 Å². The highest BCUT2D eigenvalue weighted by molar-refractivity contribution is 7.98. The van der Waals surface area contributed by atoms with Crippen LogP contribution in [-0.4, -0.2) is 44.9 Å². The molecule has 0 amide bonds. The number of aromatic nitrogens is 8. The quantitative estimate of drug-likeness (QED) is 0.197. The molecule has 11 heteroatoms. The van der Waals surface area contributed by atoms with Crippen LogP contribution in [0.5, 0.6) is 0 Å². The Morgan fingerprint density at radius 1 is 0.886 bits per heavy atom. The van der Waals surface area contributed by atoms with Crippen LogP contribution < -0.4 is 11.3 Å². The van der Waals surface area contributed by atoms with Gasteiger partial charge < -0.3 is 24.4 Å². The lowest BCUT2D eigenvalue weighted by Crippen LogP contribution is -2.20. The minimum atomic E-state index is -0.0631. The molecule has 6 heterocycles. The van der Waals surface area contributed by atoms with Gasteiger partial charge in [-0.3, -0.25) is 4.79 Å². The van der Waals surface area contributed by atoms with Gasteiger partial charge in [-0.1, -0.05) is 0 Å². The van der Waals surface area contributed by atoms with Crippen LogP contribution in [0.25, 0.3) is 33.2 Å². The Balaban J connectivity index is 0.000000151. The maximum absolute atomic E-state index is 11.5. The number of anilines is 1. The van der Waals surface area contributed by atoms with Crippen LogP contribution in [0.15, 0.2) is 59.0 Å². The molecule has 10 nitrogen and oxygen atoms in total. The smallest absolute Gasteiger partial charge is 0.260 e. The number of aryl methyl sites for hydroxylation is 2. The lowest BCUT2D eigenvalue weighted by molar-refractivity contribution is 0.406. The fourth-order valence-electron chi connectivity index (χ4n) is 5.00. The van der Waals surface area contributed by atoms with Gasteiger partial charge in [-0.25, -0.2) is 19.9 Å². The lowest BCUT2D eigenvalue weighted by atomic mass is 10.1. The molecule has 0 aromatic carbocycles. The van der Waals surface area contributed by atoms with E-state index in [1.54, 1.807) is 30.9 Å². The maximum atomic E-state index is 11.5. The van der Waals surface area contributed by atoms with Crippen molar-refractivity contribution in [3.05, 3.63) is 71.1 Å². The second kappa shape index (κ2) is 12.5. The van der Waals surface area contributed by atoms with Gasteiger partial charge >= 0.3 is 0 Å². The van der Waals surface area contributed by atoms with Crippen molar-refractivity contribution in [3.63, 3.8) is 0 Å². The van der Waals surface area contributed by atoms with Gasteiger partial charge in [0, 0.05) is 57.9 Å². The van der Waals surface area contributed by atoms with Crippen molar-refractivity contribution in [1.82, 2.24) is 38.6 Å². The predicted octanol–water partition coefficient (Wildman–Crippen LogP) is 7.20. The van der Waals surface area contributed by atoms with Crippen molar-refractivity contribution in [2.24, 2.45) is 0 Å². The SMILES string of the molecule is CSc1ccnc2c1ncn2C(C)(C)C.Cc1cn(C(C)(C)C)c2nccc(N)c12.Cc1nc2c(ccn2C(C)C)c(=O)[nH]1. The molecule has 6 aromatic rings. The Hall–Kier alpha value is -4.12. The molecule has 6 aromatic heterocycles. The van der Waals surface area contributed by atoms with Gasteiger partial charge in [0.1, 0.15) is 22.6 Å². The molecule has 0 aliphatic carbocycles. The second-order valence-corrected chi connectivity index (χ2v) is 14.0. The van der Waals surface area contributed by atoms with E-state index in [0.29, 0.717) is 17.3 Å². The Labute approximate surface area is 263 Å². The first-order chi connectivity index (χ1) is 20.5. The minimum Gasteiger partial charge on any atom is -0.398 e. The summed E-state index contributed by atoms with van der Waals surface area (Å²) in [6, 6.07) is 5.98. The number of rotatable bonds is 2. The summed E-state index contributed by atoms with van der Waals surface area (Å²) in [5, 5.41) is 1.73. The maximum Gasteiger partial charge on any atom is 0.260 e. The first kappa shape index (κ1) is 32.8. The molecule has 0 radical (unpaired) electrons. The molecule has 0 aliphatic rings. The van der Waals surface area contributed by atoms with Crippen molar-refractivity contribution >= 4 is 50.7 Å². The third-order valence-corrected chi connectivity index (χ3v) is 8.00. The molecular formula is C33H45N9OS. The zero-order chi connectivity index (χ0) is 32.6. The molecule has 0 saturated heterocycles. The van der Waals surface area contributed by atoms with Gasteiger partial charge in [0.05, 0.1) is 11.7 Å². The number of nitrogen functional groups attached to an aromatic ring is 1. The van der Waals surface area contributed by atoms with E-state index in [1.165, 1.54) is 10.5 Å². The van der Waals surface area contributed by atoms with Crippen LogP contribution in [0.3, 0.4) is 0 Å². The Bertz CT molecular complexity index is 1960. The summed E-state index contributed by atoms with van der Waals surface area (Å²) in [4.78, 5) is 33.0. The number of aromatic amines is 1.